The van der Waals surface area contributed by atoms with E-state index >= 15 is 0 Å². The average molecular weight is 299 g/mol. The molecule has 1 aliphatic rings. The third-order valence-electron chi connectivity index (χ3n) is 3.27. The van der Waals surface area contributed by atoms with Crippen LogP contribution in [0.15, 0.2) is 0 Å². The van der Waals surface area contributed by atoms with Gasteiger partial charge in [-0.05, 0) is 12.2 Å². The van der Waals surface area contributed by atoms with Crippen LogP contribution in [0.5, 0.6) is 0 Å². The number of carbonyl (C=O) groups excluding carboxylic acids is 1. The highest BCUT2D eigenvalue weighted by molar-refractivity contribution is 8.76. The minimum atomic E-state index is 0.269. The Hall–Kier alpha value is -0.620. The van der Waals surface area contributed by atoms with Gasteiger partial charge in [0.25, 0.3) is 0 Å². The van der Waals surface area contributed by atoms with Gasteiger partial charge >= 0.3 is 0 Å². The summed E-state index contributed by atoms with van der Waals surface area (Å²) < 4.78 is 0. The van der Waals surface area contributed by atoms with Gasteiger partial charge in [-0.2, -0.15) is 5.10 Å². The predicted molar refractivity (Wildman–Crippen MR) is 82.0 cm³/mol. The summed E-state index contributed by atoms with van der Waals surface area (Å²) in [5.41, 5.74) is 3.56. The first kappa shape index (κ1) is 14.8. The number of amides is 1. The lowest BCUT2D eigenvalue weighted by Gasteiger charge is -2.27. The van der Waals surface area contributed by atoms with Crippen molar-refractivity contribution >= 4 is 27.5 Å². The first-order chi connectivity index (χ1) is 9.11. The summed E-state index contributed by atoms with van der Waals surface area (Å²) in [5, 5.41) is 7.52. The van der Waals surface area contributed by atoms with Crippen LogP contribution in [0.25, 0.3) is 0 Å². The van der Waals surface area contributed by atoms with Crippen LogP contribution in [0.1, 0.15) is 37.2 Å². The highest BCUT2D eigenvalue weighted by Gasteiger charge is 2.25. The molecule has 0 aromatic carbocycles. The van der Waals surface area contributed by atoms with Gasteiger partial charge in [0.2, 0.25) is 5.91 Å². The fourth-order valence-electron chi connectivity index (χ4n) is 2.28. The van der Waals surface area contributed by atoms with E-state index in [0.717, 1.165) is 31.0 Å². The summed E-state index contributed by atoms with van der Waals surface area (Å²) in [6, 6.07) is 0. The molecule has 0 radical (unpaired) electrons. The van der Waals surface area contributed by atoms with Gasteiger partial charge in [-0.1, -0.05) is 35.4 Å². The molecular formula is C13H21N3OS2. The van der Waals surface area contributed by atoms with Crippen molar-refractivity contribution in [1.29, 1.82) is 0 Å². The normalized spacial score (nSPS) is 14.8. The van der Waals surface area contributed by atoms with E-state index in [1.54, 1.807) is 21.6 Å². The number of hydrogen-bond donors (Lipinski definition) is 1. The number of aromatic nitrogens is 2. The van der Waals surface area contributed by atoms with Gasteiger partial charge in [0.1, 0.15) is 0 Å². The zero-order chi connectivity index (χ0) is 13.8. The summed E-state index contributed by atoms with van der Waals surface area (Å²) in [7, 11) is 3.54. The molecule has 0 atom stereocenters. The van der Waals surface area contributed by atoms with Gasteiger partial charge in [-0.3, -0.25) is 9.89 Å². The largest absolute Gasteiger partial charge is 0.338 e. The highest BCUT2D eigenvalue weighted by Crippen LogP contribution is 2.28. The Balaban J connectivity index is 2.05. The lowest BCUT2D eigenvalue weighted by atomic mass is 10.0. The van der Waals surface area contributed by atoms with Crippen molar-refractivity contribution in [1.82, 2.24) is 15.1 Å². The maximum absolute atomic E-state index is 12.2. The summed E-state index contributed by atoms with van der Waals surface area (Å²) in [6.07, 6.45) is 3.61. The Kier molecular flexibility index (Phi) is 5.21. The topological polar surface area (TPSA) is 49.0 Å². The molecule has 1 aliphatic heterocycles. The Morgan fingerprint density at radius 3 is 3.00 bits per heavy atom. The molecule has 0 saturated heterocycles. The number of nitrogens with zero attached hydrogens (tertiary/aromatic N) is 2. The third kappa shape index (κ3) is 3.69. The molecule has 106 valence electrons. The summed E-state index contributed by atoms with van der Waals surface area (Å²) in [5.74, 6) is 1.59. The molecule has 0 fully saturated rings. The molecule has 2 heterocycles. The minimum Gasteiger partial charge on any atom is -0.338 e. The van der Waals surface area contributed by atoms with E-state index in [9.17, 15) is 4.79 Å². The van der Waals surface area contributed by atoms with E-state index in [1.807, 2.05) is 4.90 Å². The quantitative estimate of drug-likeness (QED) is 0.849. The molecule has 4 nitrogen and oxygen atoms in total. The van der Waals surface area contributed by atoms with Crippen molar-refractivity contribution in [3.63, 3.8) is 0 Å². The number of rotatable bonds is 5. The molecule has 6 heteroatoms. The lowest BCUT2D eigenvalue weighted by Crippen LogP contribution is -2.36. The molecule has 1 aromatic heterocycles. The first-order valence-corrected chi connectivity index (χ1v) is 9.33. The second-order valence-electron chi connectivity index (χ2n) is 5.22. The van der Waals surface area contributed by atoms with Gasteiger partial charge in [-0.15, -0.1) is 0 Å². The van der Waals surface area contributed by atoms with Crippen LogP contribution in [0.3, 0.4) is 0 Å². The molecule has 0 spiro atoms. The van der Waals surface area contributed by atoms with Crippen molar-refractivity contribution in [2.24, 2.45) is 5.92 Å². The van der Waals surface area contributed by atoms with Gasteiger partial charge in [-0.25, -0.2) is 0 Å². The predicted octanol–water partition coefficient (Wildman–Crippen LogP) is 2.85. The Morgan fingerprint density at radius 2 is 2.32 bits per heavy atom. The average Bonchev–Trinajstić information content (AvgIpc) is 2.77. The molecule has 1 aromatic rings. The van der Waals surface area contributed by atoms with Crippen molar-refractivity contribution in [3.05, 3.63) is 17.0 Å². The van der Waals surface area contributed by atoms with Crippen LogP contribution in [-0.2, 0) is 23.5 Å². The van der Waals surface area contributed by atoms with Crippen LogP contribution in [0.4, 0.5) is 0 Å². The molecular weight excluding hydrogens is 278 g/mol. The maximum Gasteiger partial charge on any atom is 0.223 e. The van der Waals surface area contributed by atoms with Crippen molar-refractivity contribution < 1.29 is 4.79 Å². The van der Waals surface area contributed by atoms with Crippen LogP contribution >= 0.6 is 21.6 Å². The maximum atomic E-state index is 12.2. The van der Waals surface area contributed by atoms with Gasteiger partial charge in [0.15, 0.2) is 0 Å². The second-order valence-corrected chi connectivity index (χ2v) is 7.78. The van der Waals surface area contributed by atoms with E-state index in [2.05, 4.69) is 30.3 Å². The monoisotopic (exact) mass is 299 g/mol. The van der Waals surface area contributed by atoms with Crippen LogP contribution in [-0.4, -0.2) is 33.8 Å². The molecule has 0 aliphatic carbocycles. The number of hydrogen-bond acceptors (Lipinski definition) is 4. The van der Waals surface area contributed by atoms with Crippen molar-refractivity contribution in [2.75, 3.05) is 12.8 Å². The van der Waals surface area contributed by atoms with Gasteiger partial charge < -0.3 is 4.90 Å². The van der Waals surface area contributed by atoms with Crippen LogP contribution in [0.2, 0.25) is 0 Å². The molecule has 2 rings (SSSR count). The van der Waals surface area contributed by atoms with E-state index < -0.39 is 0 Å². The van der Waals surface area contributed by atoms with Gasteiger partial charge in [0, 0.05) is 42.9 Å². The highest BCUT2D eigenvalue weighted by atomic mass is 33.1. The zero-order valence-corrected chi connectivity index (χ0v) is 13.4. The minimum absolute atomic E-state index is 0.269. The number of H-pyrrole nitrogens is 1. The van der Waals surface area contributed by atoms with Crippen LogP contribution < -0.4 is 0 Å². The van der Waals surface area contributed by atoms with E-state index in [0.29, 0.717) is 12.3 Å². The van der Waals surface area contributed by atoms with Crippen LogP contribution in [0, 0.1) is 5.92 Å². The third-order valence-corrected chi connectivity index (χ3v) is 4.96. The fraction of sp³-hybridized carbons (Fsp3) is 0.692. The smallest absolute Gasteiger partial charge is 0.223 e. The SMILES string of the molecule is CSSCc1n[nH]c2c1CN(C(=O)CC(C)C)CC2. The molecule has 1 N–H and O–H groups in total. The molecule has 0 saturated carbocycles. The van der Waals surface area contributed by atoms with E-state index in [-0.39, 0.29) is 5.91 Å². The lowest BCUT2D eigenvalue weighted by molar-refractivity contribution is -0.132. The standard InChI is InChI=1S/C13H21N3OS2/c1-9(2)6-13(17)16-5-4-11-10(7-16)12(15-14-11)8-19-18-3/h9H,4-8H2,1-3H3,(H,14,15). The van der Waals surface area contributed by atoms with Crippen molar-refractivity contribution in [3.8, 4) is 0 Å². The zero-order valence-electron chi connectivity index (χ0n) is 11.7. The summed E-state index contributed by atoms with van der Waals surface area (Å²) in [6.45, 7) is 5.72. The first-order valence-electron chi connectivity index (χ1n) is 6.60. The number of nitrogens with one attached hydrogen (secondary N) is 1. The molecule has 0 bridgehead atoms. The van der Waals surface area contributed by atoms with E-state index in [1.165, 1.54) is 11.3 Å². The summed E-state index contributed by atoms with van der Waals surface area (Å²) >= 11 is 0. The fourth-order valence-corrected chi connectivity index (χ4v) is 3.44. The number of fused-ring (bicyclic) bond motifs is 1. The Morgan fingerprint density at radius 1 is 1.53 bits per heavy atom. The Bertz CT molecular complexity index is 445. The molecule has 1 amide bonds. The number of aromatic amines is 1. The van der Waals surface area contributed by atoms with Gasteiger partial charge in [0.05, 0.1) is 5.69 Å². The molecule has 0 unspecified atom stereocenters. The number of carbonyl (C=O) groups is 1. The molecule has 19 heavy (non-hydrogen) atoms. The van der Waals surface area contributed by atoms with Crippen molar-refractivity contribution in [2.45, 2.75) is 39.0 Å². The summed E-state index contributed by atoms with van der Waals surface area (Å²) in [4.78, 5) is 14.1. The second kappa shape index (κ2) is 6.70. The van der Waals surface area contributed by atoms with E-state index in [4.69, 9.17) is 0 Å². The Labute approximate surface area is 122 Å².